The van der Waals surface area contributed by atoms with Gasteiger partial charge in [0.1, 0.15) is 0 Å². The summed E-state index contributed by atoms with van der Waals surface area (Å²) in [4.78, 5) is 14.0. The van der Waals surface area contributed by atoms with E-state index in [-0.39, 0.29) is 12.5 Å². The van der Waals surface area contributed by atoms with Crippen LogP contribution < -0.4 is 10.6 Å². The first-order valence-electron chi connectivity index (χ1n) is 8.27. The molecule has 0 saturated heterocycles. The fourth-order valence-corrected chi connectivity index (χ4v) is 4.11. The number of hydrogen-bond donors (Lipinski definition) is 3. The van der Waals surface area contributed by atoms with Crippen molar-refractivity contribution >= 4 is 28.9 Å². The summed E-state index contributed by atoms with van der Waals surface area (Å²) in [7, 11) is 1.86. The zero-order valence-electron chi connectivity index (χ0n) is 14.0. The standard InChI is InChI=1S/C16H25N5OS/c1-9-15(10(2)20-19-9)18-14(22)8-21(3)16(23)17-13-7-11-4-5-12(13)6-11/h11-13H,4-8H2,1-3H3,(H,17,23)(H,18,22)(H,19,20)/t11-,12-,13-/m0/s1. The van der Waals surface area contributed by atoms with E-state index in [4.69, 9.17) is 12.2 Å². The van der Waals surface area contributed by atoms with Gasteiger partial charge in [-0.3, -0.25) is 9.89 Å². The third kappa shape index (κ3) is 3.49. The molecule has 0 spiro atoms. The minimum Gasteiger partial charge on any atom is -0.360 e. The van der Waals surface area contributed by atoms with Crippen molar-refractivity contribution in [2.75, 3.05) is 18.9 Å². The molecule has 0 aliphatic heterocycles. The lowest BCUT2D eigenvalue weighted by atomic mass is 9.95. The van der Waals surface area contributed by atoms with Crippen LogP contribution >= 0.6 is 12.2 Å². The lowest BCUT2D eigenvalue weighted by Gasteiger charge is -2.28. The van der Waals surface area contributed by atoms with Crippen molar-refractivity contribution in [1.82, 2.24) is 20.4 Å². The van der Waals surface area contributed by atoms with E-state index in [0.717, 1.165) is 28.9 Å². The molecule has 1 aromatic rings. The molecule has 7 heteroatoms. The summed E-state index contributed by atoms with van der Waals surface area (Å²) in [6.07, 6.45) is 5.24. The SMILES string of the molecule is Cc1n[nH]c(C)c1NC(=O)CN(C)C(=S)N[C@H]1C[C@H]2CC[C@H]1C2. The van der Waals surface area contributed by atoms with Crippen molar-refractivity contribution in [3.63, 3.8) is 0 Å². The van der Waals surface area contributed by atoms with E-state index in [2.05, 4.69) is 20.8 Å². The van der Waals surface area contributed by atoms with Gasteiger partial charge in [-0.1, -0.05) is 6.42 Å². The number of thiocarbonyl (C=S) groups is 1. The number of aromatic amines is 1. The molecule has 23 heavy (non-hydrogen) atoms. The van der Waals surface area contributed by atoms with Crippen LogP contribution in [0.25, 0.3) is 0 Å². The van der Waals surface area contributed by atoms with Crippen molar-refractivity contribution < 1.29 is 4.79 Å². The second-order valence-electron chi connectivity index (χ2n) is 6.94. The van der Waals surface area contributed by atoms with Gasteiger partial charge in [0.2, 0.25) is 5.91 Å². The molecule has 1 amide bonds. The maximum Gasteiger partial charge on any atom is 0.244 e. The molecule has 126 valence electrons. The maximum atomic E-state index is 12.2. The summed E-state index contributed by atoms with van der Waals surface area (Å²) in [6.45, 7) is 3.99. The molecule has 2 aliphatic rings. The second-order valence-corrected chi connectivity index (χ2v) is 7.33. The molecule has 0 aromatic carbocycles. The van der Waals surface area contributed by atoms with Gasteiger partial charge < -0.3 is 15.5 Å². The Kier molecular flexibility index (Phi) is 4.57. The number of rotatable bonds is 4. The highest BCUT2D eigenvalue weighted by atomic mass is 32.1. The average molecular weight is 335 g/mol. The third-order valence-corrected chi connectivity index (χ3v) is 5.60. The monoisotopic (exact) mass is 335 g/mol. The Balaban J connectivity index is 1.49. The van der Waals surface area contributed by atoms with Crippen molar-refractivity contribution in [2.24, 2.45) is 11.8 Å². The summed E-state index contributed by atoms with van der Waals surface area (Å²) in [5.74, 6) is 1.55. The number of hydrogen-bond acceptors (Lipinski definition) is 3. The van der Waals surface area contributed by atoms with Crippen LogP contribution in [0.4, 0.5) is 5.69 Å². The molecule has 2 saturated carbocycles. The highest BCUT2D eigenvalue weighted by Crippen LogP contribution is 2.44. The van der Waals surface area contributed by atoms with Crippen molar-refractivity contribution in [3.05, 3.63) is 11.4 Å². The number of anilines is 1. The van der Waals surface area contributed by atoms with Crippen LogP contribution in [0.5, 0.6) is 0 Å². The quantitative estimate of drug-likeness (QED) is 0.734. The average Bonchev–Trinajstić information content (AvgIpc) is 3.19. The molecule has 3 rings (SSSR count). The number of aromatic nitrogens is 2. The van der Waals surface area contributed by atoms with Crippen molar-refractivity contribution in [1.29, 1.82) is 0 Å². The summed E-state index contributed by atoms with van der Waals surface area (Å²) in [6, 6.07) is 0.491. The molecule has 3 atom stereocenters. The van der Waals surface area contributed by atoms with Crippen LogP contribution in [-0.2, 0) is 4.79 Å². The van der Waals surface area contributed by atoms with Gasteiger partial charge in [-0.25, -0.2) is 0 Å². The van der Waals surface area contributed by atoms with E-state index in [9.17, 15) is 4.79 Å². The van der Waals surface area contributed by atoms with Crippen LogP contribution in [0.2, 0.25) is 0 Å². The normalized spacial score (nSPS) is 25.4. The van der Waals surface area contributed by atoms with Crippen LogP contribution in [-0.4, -0.2) is 45.8 Å². The van der Waals surface area contributed by atoms with Crippen molar-refractivity contribution in [2.45, 2.75) is 45.6 Å². The van der Waals surface area contributed by atoms with Crippen LogP contribution in [0.3, 0.4) is 0 Å². The third-order valence-electron chi connectivity index (χ3n) is 5.17. The molecule has 2 aliphatic carbocycles. The zero-order valence-corrected chi connectivity index (χ0v) is 14.8. The maximum absolute atomic E-state index is 12.2. The largest absolute Gasteiger partial charge is 0.360 e. The van der Waals surface area contributed by atoms with E-state index in [1.807, 2.05) is 20.9 Å². The van der Waals surface area contributed by atoms with Gasteiger partial charge >= 0.3 is 0 Å². The topological polar surface area (TPSA) is 73.0 Å². The van der Waals surface area contributed by atoms with E-state index in [1.54, 1.807) is 4.90 Å². The van der Waals surface area contributed by atoms with Crippen LogP contribution in [0, 0.1) is 25.7 Å². The Labute approximate surface area is 142 Å². The molecule has 0 radical (unpaired) electrons. The van der Waals surface area contributed by atoms with Gasteiger partial charge in [0.25, 0.3) is 0 Å². The Morgan fingerprint density at radius 2 is 2.17 bits per heavy atom. The highest BCUT2D eigenvalue weighted by Gasteiger charge is 2.39. The Morgan fingerprint density at radius 3 is 2.74 bits per heavy atom. The van der Waals surface area contributed by atoms with Gasteiger partial charge in [-0.05, 0) is 57.2 Å². The lowest BCUT2D eigenvalue weighted by Crippen LogP contribution is -2.47. The van der Waals surface area contributed by atoms with Crippen molar-refractivity contribution in [3.8, 4) is 0 Å². The number of nitrogens with zero attached hydrogens (tertiary/aromatic N) is 2. The molecular formula is C16H25N5OS. The molecule has 3 N–H and O–H groups in total. The smallest absolute Gasteiger partial charge is 0.244 e. The lowest BCUT2D eigenvalue weighted by molar-refractivity contribution is -0.116. The number of nitrogens with one attached hydrogen (secondary N) is 3. The number of H-pyrrole nitrogens is 1. The summed E-state index contributed by atoms with van der Waals surface area (Å²) >= 11 is 5.46. The van der Waals surface area contributed by atoms with Gasteiger partial charge in [0.15, 0.2) is 5.11 Å². The molecule has 1 heterocycles. The fourth-order valence-electron chi connectivity index (χ4n) is 3.89. The van der Waals surface area contributed by atoms with Gasteiger partial charge in [0.05, 0.1) is 23.6 Å². The predicted octanol–water partition coefficient (Wildman–Crippen LogP) is 1.96. The van der Waals surface area contributed by atoms with Gasteiger partial charge in [0, 0.05) is 13.1 Å². The predicted molar refractivity (Wildman–Crippen MR) is 94.3 cm³/mol. The number of carbonyl (C=O) groups is 1. The summed E-state index contributed by atoms with van der Waals surface area (Å²) in [5, 5.41) is 14.0. The zero-order chi connectivity index (χ0) is 16.6. The summed E-state index contributed by atoms with van der Waals surface area (Å²) in [5.41, 5.74) is 2.41. The Hall–Kier alpha value is -1.63. The minimum atomic E-state index is -0.0859. The Bertz CT molecular complexity index is 594. The van der Waals surface area contributed by atoms with E-state index >= 15 is 0 Å². The van der Waals surface area contributed by atoms with E-state index in [0.29, 0.717) is 11.2 Å². The fraction of sp³-hybridized carbons (Fsp3) is 0.688. The van der Waals surface area contributed by atoms with Gasteiger partial charge in [-0.2, -0.15) is 5.10 Å². The number of aryl methyl sites for hydroxylation is 2. The summed E-state index contributed by atoms with van der Waals surface area (Å²) < 4.78 is 0. The first kappa shape index (κ1) is 16.2. The molecule has 6 nitrogen and oxygen atoms in total. The van der Waals surface area contributed by atoms with Crippen LogP contribution in [0.1, 0.15) is 37.1 Å². The molecular weight excluding hydrogens is 310 g/mol. The number of amides is 1. The molecule has 2 bridgehead atoms. The van der Waals surface area contributed by atoms with Gasteiger partial charge in [-0.15, -0.1) is 0 Å². The first-order chi connectivity index (χ1) is 10.9. The highest BCUT2D eigenvalue weighted by molar-refractivity contribution is 7.80. The second kappa shape index (κ2) is 6.47. The number of carbonyl (C=O) groups excluding carboxylic acids is 1. The van der Waals surface area contributed by atoms with E-state index < -0.39 is 0 Å². The molecule has 0 unspecified atom stereocenters. The molecule has 2 fully saturated rings. The number of likely N-dealkylation sites (N-methyl/N-ethyl adjacent to an activating group) is 1. The molecule has 1 aromatic heterocycles. The van der Waals surface area contributed by atoms with Crippen LogP contribution in [0.15, 0.2) is 0 Å². The Morgan fingerprint density at radius 1 is 1.39 bits per heavy atom. The first-order valence-corrected chi connectivity index (χ1v) is 8.68. The number of fused-ring (bicyclic) bond motifs is 2. The minimum absolute atomic E-state index is 0.0859. The van der Waals surface area contributed by atoms with E-state index in [1.165, 1.54) is 25.7 Å².